The quantitative estimate of drug-likeness (QED) is 0.829. The molecule has 0 bridgehead atoms. The van der Waals surface area contributed by atoms with E-state index in [1.807, 2.05) is 24.3 Å². The second-order valence-electron chi connectivity index (χ2n) is 4.50. The van der Waals surface area contributed by atoms with E-state index in [0.29, 0.717) is 6.61 Å². The summed E-state index contributed by atoms with van der Waals surface area (Å²) in [5.74, 6) is 0.865. The first-order chi connectivity index (χ1) is 8.74. The van der Waals surface area contributed by atoms with Gasteiger partial charge in [0.25, 0.3) is 0 Å². The molecule has 0 saturated carbocycles. The average Bonchev–Trinajstić information content (AvgIpc) is 2.38. The highest BCUT2D eigenvalue weighted by Crippen LogP contribution is 2.36. The van der Waals surface area contributed by atoms with Crippen molar-refractivity contribution in [3.8, 4) is 5.75 Å². The van der Waals surface area contributed by atoms with Gasteiger partial charge in [0.2, 0.25) is 0 Å². The van der Waals surface area contributed by atoms with Crippen molar-refractivity contribution < 1.29 is 4.74 Å². The Morgan fingerprint density at radius 1 is 1.22 bits per heavy atom. The number of halogens is 1. The van der Waals surface area contributed by atoms with Crippen LogP contribution in [0.2, 0.25) is 5.02 Å². The molecular weight excluding hydrogens is 246 g/mol. The van der Waals surface area contributed by atoms with E-state index in [1.165, 1.54) is 11.1 Å². The summed E-state index contributed by atoms with van der Waals surface area (Å²) in [5, 5.41) is 4.20. The third-order valence-corrected chi connectivity index (χ3v) is 3.48. The lowest BCUT2D eigenvalue weighted by Crippen LogP contribution is -2.24. The highest BCUT2D eigenvalue weighted by atomic mass is 35.5. The summed E-state index contributed by atoms with van der Waals surface area (Å²) >= 11 is 6.01. The molecule has 2 aromatic carbocycles. The molecule has 0 amide bonds. The van der Waals surface area contributed by atoms with Crippen LogP contribution in [0.3, 0.4) is 0 Å². The van der Waals surface area contributed by atoms with Crippen LogP contribution in [0.25, 0.3) is 0 Å². The van der Waals surface area contributed by atoms with Crippen molar-refractivity contribution in [3.63, 3.8) is 0 Å². The van der Waals surface area contributed by atoms with E-state index in [2.05, 4.69) is 30.4 Å². The summed E-state index contributed by atoms with van der Waals surface area (Å²) in [7, 11) is 0. The molecule has 1 unspecified atom stereocenters. The molecule has 0 aliphatic carbocycles. The maximum Gasteiger partial charge on any atom is 0.142 e. The highest BCUT2D eigenvalue weighted by Gasteiger charge is 2.21. The summed E-state index contributed by atoms with van der Waals surface area (Å²) in [6, 6.07) is 14.2. The van der Waals surface area contributed by atoms with Crippen LogP contribution in [0, 0.1) is 6.92 Å². The monoisotopic (exact) mass is 259 g/mol. The molecule has 1 N–H and O–H groups in total. The number of aryl methyl sites for hydroxylation is 1. The Labute approximate surface area is 112 Å². The van der Waals surface area contributed by atoms with Crippen molar-refractivity contribution in [2.24, 2.45) is 0 Å². The first kappa shape index (κ1) is 11.4. The Balaban J connectivity index is 1.93. The van der Waals surface area contributed by atoms with Crippen LogP contribution >= 0.6 is 11.6 Å². The maximum absolute atomic E-state index is 6.01. The molecular formula is C15H14ClNO. The minimum absolute atomic E-state index is 0.178. The summed E-state index contributed by atoms with van der Waals surface area (Å²) in [6.07, 6.45) is 0. The summed E-state index contributed by atoms with van der Waals surface area (Å²) in [6.45, 7) is 2.75. The summed E-state index contributed by atoms with van der Waals surface area (Å²) < 4.78 is 5.78. The lowest BCUT2D eigenvalue weighted by molar-refractivity contribution is 0.286. The van der Waals surface area contributed by atoms with Crippen LogP contribution in [-0.2, 0) is 0 Å². The largest absolute Gasteiger partial charge is 0.489 e. The van der Waals surface area contributed by atoms with Crippen molar-refractivity contribution in [2.75, 3.05) is 11.9 Å². The molecule has 2 aromatic rings. The van der Waals surface area contributed by atoms with E-state index >= 15 is 0 Å². The van der Waals surface area contributed by atoms with Gasteiger partial charge in [-0.05, 0) is 36.2 Å². The van der Waals surface area contributed by atoms with Gasteiger partial charge in [-0.25, -0.2) is 0 Å². The van der Waals surface area contributed by atoms with Gasteiger partial charge in [-0.3, -0.25) is 0 Å². The zero-order valence-corrected chi connectivity index (χ0v) is 10.9. The van der Waals surface area contributed by atoms with E-state index in [4.69, 9.17) is 16.3 Å². The van der Waals surface area contributed by atoms with Crippen molar-refractivity contribution in [3.05, 3.63) is 58.6 Å². The van der Waals surface area contributed by atoms with Gasteiger partial charge in [0.05, 0.1) is 11.7 Å². The zero-order chi connectivity index (χ0) is 12.5. The van der Waals surface area contributed by atoms with Gasteiger partial charge < -0.3 is 10.1 Å². The smallest absolute Gasteiger partial charge is 0.142 e. The highest BCUT2D eigenvalue weighted by molar-refractivity contribution is 6.30. The van der Waals surface area contributed by atoms with E-state index in [1.54, 1.807) is 0 Å². The molecule has 1 aliphatic heterocycles. The fourth-order valence-corrected chi connectivity index (χ4v) is 2.46. The standard InChI is InChI=1S/C15H14ClNO/c1-10-4-2-3-5-12(10)14-9-18-15-7-6-11(16)8-13(15)17-14/h2-8,14,17H,9H2,1H3. The minimum Gasteiger partial charge on any atom is -0.489 e. The summed E-state index contributed by atoms with van der Waals surface area (Å²) in [4.78, 5) is 0. The zero-order valence-electron chi connectivity index (χ0n) is 10.1. The maximum atomic E-state index is 6.01. The second-order valence-corrected chi connectivity index (χ2v) is 4.94. The van der Waals surface area contributed by atoms with Crippen LogP contribution in [0.4, 0.5) is 5.69 Å². The van der Waals surface area contributed by atoms with Gasteiger partial charge in [-0.2, -0.15) is 0 Å². The Morgan fingerprint density at radius 3 is 2.89 bits per heavy atom. The predicted octanol–water partition coefficient (Wildman–Crippen LogP) is 4.19. The molecule has 3 rings (SSSR count). The molecule has 3 heteroatoms. The van der Waals surface area contributed by atoms with Crippen molar-refractivity contribution in [1.82, 2.24) is 0 Å². The molecule has 1 atom stereocenters. The molecule has 92 valence electrons. The number of benzene rings is 2. The molecule has 0 saturated heterocycles. The predicted molar refractivity (Wildman–Crippen MR) is 74.5 cm³/mol. The molecule has 0 spiro atoms. The molecule has 2 nitrogen and oxygen atoms in total. The molecule has 1 heterocycles. The SMILES string of the molecule is Cc1ccccc1C1COc2ccc(Cl)cc2N1. The number of hydrogen-bond donors (Lipinski definition) is 1. The van der Waals surface area contributed by atoms with Crippen LogP contribution in [-0.4, -0.2) is 6.61 Å². The van der Waals surface area contributed by atoms with E-state index < -0.39 is 0 Å². The van der Waals surface area contributed by atoms with E-state index in [-0.39, 0.29) is 6.04 Å². The molecule has 18 heavy (non-hydrogen) atoms. The van der Waals surface area contributed by atoms with Crippen LogP contribution in [0.5, 0.6) is 5.75 Å². The van der Waals surface area contributed by atoms with Crippen LogP contribution < -0.4 is 10.1 Å². The topological polar surface area (TPSA) is 21.3 Å². The lowest BCUT2D eigenvalue weighted by Gasteiger charge is -2.28. The third-order valence-electron chi connectivity index (χ3n) is 3.24. The number of ether oxygens (including phenoxy) is 1. The summed E-state index contributed by atoms with van der Waals surface area (Å²) in [5.41, 5.74) is 3.49. The first-order valence-corrected chi connectivity index (χ1v) is 6.36. The van der Waals surface area contributed by atoms with Crippen LogP contribution in [0.1, 0.15) is 17.2 Å². The van der Waals surface area contributed by atoms with Crippen molar-refractivity contribution >= 4 is 17.3 Å². The van der Waals surface area contributed by atoms with Gasteiger partial charge >= 0.3 is 0 Å². The van der Waals surface area contributed by atoms with E-state index in [0.717, 1.165) is 16.5 Å². The Hall–Kier alpha value is -1.67. The first-order valence-electron chi connectivity index (χ1n) is 5.98. The molecule has 0 aromatic heterocycles. The van der Waals surface area contributed by atoms with E-state index in [9.17, 15) is 0 Å². The average molecular weight is 260 g/mol. The number of hydrogen-bond acceptors (Lipinski definition) is 2. The Kier molecular flexibility index (Phi) is 2.88. The van der Waals surface area contributed by atoms with Gasteiger partial charge in [0, 0.05) is 5.02 Å². The fourth-order valence-electron chi connectivity index (χ4n) is 2.29. The third kappa shape index (κ3) is 2.04. The van der Waals surface area contributed by atoms with Crippen molar-refractivity contribution in [2.45, 2.75) is 13.0 Å². The molecule has 0 fully saturated rings. The normalized spacial score (nSPS) is 17.6. The number of nitrogens with one attached hydrogen (secondary N) is 1. The number of fused-ring (bicyclic) bond motifs is 1. The molecule has 0 radical (unpaired) electrons. The lowest BCUT2D eigenvalue weighted by atomic mass is 10.0. The van der Waals surface area contributed by atoms with Gasteiger partial charge in [0.1, 0.15) is 12.4 Å². The minimum atomic E-state index is 0.178. The molecule has 1 aliphatic rings. The van der Waals surface area contributed by atoms with Crippen LogP contribution in [0.15, 0.2) is 42.5 Å². The number of anilines is 1. The van der Waals surface area contributed by atoms with Crippen molar-refractivity contribution in [1.29, 1.82) is 0 Å². The number of rotatable bonds is 1. The Morgan fingerprint density at radius 2 is 2.06 bits per heavy atom. The second kappa shape index (κ2) is 4.54. The fraction of sp³-hybridized carbons (Fsp3) is 0.200. The van der Waals surface area contributed by atoms with Gasteiger partial charge in [-0.15, -0.1) is 0 Å². The Bertz CT molecular complexity index is 582. The van der Waals surface area contributed by atoms with Gasteiger partial charge in [0.15, 0.2) is 0 Å². The van der Waals surface area contributed by atoms with Gasteiger partial charge in [-0.1, -0.05) is 35.9 Å².